The largest absolute Gasteiger partial charge is 0.497 e. The maximum absolute atomic E-state index is 13.1. The maximum Gasteiger partial charge on any atom is 0.266 e. The molecule has 26 heavy (non-hydrogen) atoms. The van der Waals surface area contributed by atoms with Gasteiger partial charge in [0.25, 0.3) is 5.91 Å². The minimum atomic E-state index is -0.313. The van der Waals surface area contributed by atoms with Crippen molar-refractivity contribution >= 4 is 34.6 Å². The Balaban J connectivity index is 1.92. The number of amides is 1. The molecule has 4 nitrogen and oxygen atoms in total. The molecule has 1 heterocycles. The molecule has 1 saturated heterocycles. The van der Waals surface area contributed by atoms with Crippen LogP contribution in [-0.2, 0) is 4.79 Å². The maximum atomic E-state index is 13.1. The molecule has 1 amide bonds. The Bertz CT molecular complexity index is 891. The zero-order valence-corrected chi connectivity index (χ0v) is 15.6. The molecule has 0 saturated carbocycles. The molecule has 134 valence electrons. The highest BCUT2D eigenvalue weighted by Crippen LogP contribution is 2.34. The minimum Gasteiger partial charge on any atom is -0.497 e. The molecule has 1 aliphatic heterocycles. The molecule has 6 heteroatoms. The van der Waals surface area contributed by atoms with Crippen LogP contribution in [0.4, 0.5) is 10.1 Å². The first-order chi connectivity index (χ1) is 12.5. The van der Waals surface area contributed by atoms with E-state index in [2.05, 4.69) is 4.99 Å². The van der Waals surface area contributed by atoms with Crippen molar-refractivity contribution in [1.82, 2.24) is 4.90 Å². The highest BCUT2D eigenvalue weighted by Gasteiger charge is 2.32. The van der Waals surface area contributed by atoms with E-state index in [-0.39, 0.29) is 11.7 Å². The van der Waals surface area contributed by atoms with Gasteiger partial charge in [-0.05, 0) is 79.2 Å². The molecule has 0 spiro atoms. The molecule has 0 atom stereocenters. The number of likely N-dealkylation sites (N-methyl/N-ethyl adjacent to an activating group) is 1. The number of hydrogen-bond acceptors (Lipinski definition) is 4. The lowest BCUT2D eigenvalue weighted by molar-refractivity contribution is -0.122. The number of aryl methyl sites for hydroxylation is 1. The lowest BCUT2D eigenvalue weighted by Gasteiger charge is -2.12. The number of methoxy groups -OCH3 is 1. The summed E-state index contributed by atoms with van der Waals surface area (Å²) in [5, 5.41) is 0.599. The molecule has 0 aliphatic carbocycles. The predicted octanol–water partition coefficient (Wildman–Crippen LogP) is 4.77. The Labute approximate surface area is 156 Å². The Morgan fingerprint density at radius 3 is 2.58 bits per heavy atom. The van der Waals surface area contributed by atoms with Gasteiger partial charge in [0.15, 0.2) is 5.17 Å². The van der Waals surface area contributed by atoms with Crippen LogP contribution in [0.1, 0.15) is 18.1 Å². The van der Waals surface area contributed by atoms with Gasteiger partial charge in [-0.3, -0.25) is 9.69 Å². The van der Waals surface area contributed by atoms with Crippen LogP contribution >= 0.6 is 11.8 Å². The number of carbonyl (C=O) groups is 1. The molecule has 0 N–H and O–H groups in total. The van der Waals surface area contributed by atoms with E-state index in [0.717, 1.165) is 16.9 Å². The van der Waals surface area contributed by atoms with Crippen LogP contribution in [0.3, 0.4) is 0 Å². The van der Waals surface area contributed by atoms with Crippen LogP contribution in [0.15, 0.2) is 52.4 Å². The number of carbonyl (C=O) groups excluding carboxylic acids is 1. The standard InChI is InChI=1S/C20H19FN2O2S/c1-4-23-19(24)18(12-14-5-10-17(25-3)11-13(14)2)26-20(23)22-16-8-6-15(21)7-9-16/h5-12H,4H2,1-3H3/b18-12+,22-20?. The number of nitrogens with zero attached hydrogens (tertiary/aromatic N) is 2. The zero-order chi connectivity index (χ0) is 18.7. The second kappa shape index (κ2) is 7.74. The van der Waals surface area contributed by atoms with E-state index in [4.69, 9.17) is 4.74 Å². The monoisotopic (exact) mass is 370 g/mol. The lowest BCUT2D eigenvalue weighted by atomic mass is 10.1. The summed E-state index contributed by atoms with van der Waals surface area (Å²) in [7, 11) is 1.63. The SMILES string of the molecule is CCN1C(=O)/C(=C\c2ccc(OC)cc2C)SC1=Nc1ccc(F)cc1. The molecule has 0 bridgehead atoms. The fraction of sp³-hybridized carbons (Fsp3) is 0.200. The molecule has 2 aromatic carbocycles. The topological polar surface area (TPSA) is 41.9 Å². The second-order valence-electron chi connectivity index (χ2n) is 5.75. The summed E-state index contributed by atoms with van der Waals surface area (Å²) >= 11 is 1.33. The van der Waals surface area contributed by atoms with Crippen molar-refractivity contribution in [2.45, 2.75) is 13.8 Å². The Kier molecular flexibility index (Phi) is 5.42. The van der Waals surface area contributed by atoms with Crippen LogP contribution in [0.2, 0.25) is 0 Å². The fourth-order valence-corrected chi connectivity index (χ4v) is 3.63. The molecule has 0 aromatic heterocycles. The lowest BCUT2D eigenvalue weighted by Crippen LogP contribution is -2.28. The van der Waals surface area contributed by atoms with Crippen molar-refractivity contribution in [2.24, 2.45) is 4.99 Å². The highest BCUT2D eigenvalue weighted by molar-refractivity contribution is 8.18. The van der Waals surface area contributed by atoms with E-state index in [1.54, 1.807) is 24.1 Å². The number of rotatable bonds is 4. The van der Waals surface area contributed by atoms with Crippen molar-refractivity contribution in [3.05, 3.63) is 64.3 Å². The Morgan fingerprint density at radius 1 is 1.23 bits per heavy atom. The van der Waals surface area contributed by atoms with Gasteiger partial charge in [0.2, 0.25) is 0 Å². The Morgan fingerprint density at radius 2 is 1.96 bits per heavy atom. The van der Waals surface area contributed by atoms with Gasteiger partial charge in [-0.2, -0.15) is 0 Å². The van der Waals surface area contributed by atoms with Crippen LogP contribution in [0, 0.1) is 12.7 Å². The van der Waals surface area contributed by atoms with Crippen molar-refractivity contribution in [3.63, 3.8) is 0 Å². The summed E-state index contributed by atoms with van der Waals surface area (Å²) in [4.78, 5) is 19.4. The van der Waals surface area contributed by atoms with Crippen molar-refractivity contribution in [1.29, 1.82) is 0 Å². The molecule has 2 aromatic rings. The summed E-state index contributed by atoms with van der Waals surface area (Å²) in [6, 6.07) is 11.6. The van der Waals surface area contributed by atoms with Crippen LogP contribution in [-0.4, -0.2) is 29.6 Å². The van der Waals surface area contributed by atoms with E-state index in [9.17, 15) is 9.18 Å². The quantitative estimate of drug-likeness (QED) is 0.728. The van der Waals surface area contributed by atoms with E-state index in [1.165, 1.54) is 23.9 Å². The molecule has 0 unspecified atom stereocenters. The van der Waals surface area contributed by atoms with Crippen molar-refractivity contribution in [2.75, 3.05) is 13.7 Å². The fourth-order valence-electron chi connectivity index (χ4n) is 2.57. The summed E-state index contributed by atoms with van der Waals surface area (Å²) in [5.41, 5.74) is 2.60. The number of hydrogen-bond donors (Lipinski definition) is 0. The van der Waals surface area contributed by atoms with Gasteiger partial charge in [-0.1, -0.05) is 6.07 Å². The molecule has 1 fully saturated rings. The van der Waals surface area contributed by atoms with Crippen molar-refractivity contribution in [3.8, 4) is 5.75 Å². The number of amidine groups is 1. The van der Waals surface area contributed by atoms with Crippen LogP contribution in [0.5, 0.6) is 5.75 Å². The molecule has 0 radical (unpaired) electrons. The number of halogens is 1. The third-order valence-electron chi connectivity index (χ3n) is 4.02. The first-order valence-electron chi connectivity index (χ1n) is 8.22. The summed E-state index contributed by atoms with van der Waals surface area (Å²) in [6.45, 7) is 4.40. The molecule has 3 rings (SSSR count). The van der Waals surface area contributed by atoms with Gasteiger partial charge in [0.1, 0.15) is 11.6 Å². The summed E-state index contributed by atoms with van der Waals surface area (Å²) < 4.78 is 18.3. The smallest absolute Gasteiger partial charge is 0.266 e. The predicted molar refractivity (Wildman–Crippen MR) is 104 cm³/mol. The van der Waals surface area contributed by atoms with E-state index in [0.29, 0.717) is 22.3 Å². The average Bonchev–Trinajstić information content (AvgIpc) is 2.93. The number of aliphatic imine (C=N–C) groups is 1. The van der Waals surface area contributed by atoms with Gasteiger partial charge in [0, 0.05) is 6.54 Å². The van der Waals surface area contributed by atoms with Crippen LogP contribution in [0.25, 0.3) is 6.08 Å². The number of ether oxygens (including phenoxy) is 1. The summed E-state index contributed by atoms with van der Waals surface area (Å²) in [5.74, 6) is 0.393. The summed E-state index contributed by atoms with van der Waals surface area (Å²) in [6.07, 6.45) is 1.87. The molecular formula is C20H19FN2O2S. The Hall–Kier alpha value is -2.60. The second-order valence-corrected chi connectivity index (χ2v) is 6.76. The van der Waals surface area contributed by atoms with Gasteiger partial charge in [0.05, 0.1) is 17.7 Å². The van der Waals surface area contributed by atoms with Crippen molar-refractivity contribution < 1.29 is 13.9 Å². The number of benzene rings is 2. The highest BCUT2D eigenvalue weighted by atomic mass is 32.2. The van der Waals surface area contributed by atoms with E-state index >= 15 is 0 Å². The first-order valence-corrected chi connectivity index (χ1v) is 9.03. The van der Waals surface area contributed by atoms with Crippen LogP contribution < -0.4 is 4.74 Å². The van der Waals surface area contributed by atoms with E-state index < -0.39 is 0 Å². The first kappa shape index (κ1) is 18.2. The normalized spacial score (nSPS) is 17.4. The van der Waals surface area contributed by atoms with Gasteiger partial charge in [-0.15, -0.1) is 0 Å². The third-order valence-corrected chi connectivity index (χ3v) is 5.03. The van der Waals surface area contributed by atoms with Gasteiger partial charge < -0.3 is 4.74 Å². The average molecular weight is 370 g/mol. The molecule has 1 aliphatic rings. The van der Waals surface area contributed by atoms with E-state index in [1.807, 2.05) is 38.1 Å². The number of thioether (sulfide) groups is 1. The zero-order valence-electron chi connectivity index (χ0n) is 14.8. The van der Waals surface area contributed by atoms with Gasteiger partial charge in [-0.25, -0.2) is 9.38 Å². The third kappa shape index (κ3) is 3.80. The van der Waals surface area contributed by atoms with Gasteiger partial charge >= 0.3 is 0 Å². The molecular weight excluding hydrogens is 351 g/mol. The minimum absolute atomic E-state index is 0.0754.